The van der Waals surface area contributed by atoms with E-state index in [0.717, 1.165) is 44.4 Å². The van der Waals surface area contributed by atoms with Gasteiger partial charge in [0.2, 0.25) is 5.91 Å². The Labute approximate surface area is 138 Å². The van der Waals surface area contributed by atoms with Gasteiger partial charge in [-0.1, -0.05) is 18.2 Å². The highest BCUT2D eigenvalue weighted by molar-refractivity contribution is 5.80. The predicted molar refractivity (Wildman–Crippen MR) is 91.7 cm³/mol. The van der Waals surface area contributed by atoms with E-state index in [-0.39, 0.29) is 5.91 Å². The molecule has 0 aliphatic carbocycles. The second-order valence-corrected chi connectivity index (χ2v) is 5.39. The lowest BCUT2D eigenvalue weighted by Crippen LogP contribution is -2.53. The third kappa shape index (κ3) is 5.47. The van der Waals surface area contributed by atoms with Crippen LogP contribution >= 0.6 is 0 Å². The summed E-state index contributed by atoms with van der Waals surface area (Å²) < 4.78 is 5.66. The fourth-order valence-electron chi connectivity index (χ4n) is 2.49. The van der Waals surface area contributed by atoms with Crippen molar-refractivity contribution in [1.82, 2.24) is 15.1 Å². The molecular weight excluding hydrogens is 292 g/mol. The van der Waals surface area contributed by atoms with Gasteiger partial charge in [0.15, 0.2) is 5.96 Å². The van der Waals surface area contributed by atoms with Crippen LogP contribution in [0.15, 0.2) is 35.3 Å². The molecule has 0 saturated carbocycles. The first-order chi connectivity index (χ1) is 11.2. The maximum Gasteiger partial charge on any atom is 0.219 e. The molecule has 23 heavy (non-hydrogen) atoms. The van der Waals surface area contributed by atoms with E-state index in [2.05, 4.69) is 22.1 Å². The fraction of sp³-hybridized carbons (Fsp3) is 0.529. The summed E-state index contributed by atoms with van der Waals surface area (Å²) in [6, 6.07) is 9.76. The third-order valence-electron chi connectivity index (χ3n) is 3.72. The fourth-order valence-corrected chi connectivity index (χ4v) is 2.49. The monoisotopic (exact) mass is 318 g/mol. The largest absolute Gasteiger partial charge is 0.492 e. The minimum atomic E-state index is 0.142. The lowest BCUT2D eigenvalue weighted by Gasteiger charge is -2.36. The second-order valence-electron chi connectivity index (χ2n) is 5.39. The van der Waals surface area contributed by atoms with Gasteiger partial charge in [0.25, 0.3) is 0 Å². The van der Waals surface area contributed by atoms with Crippen molar-refractivity contribution in [3.8, 4) is 5.75 Å². The Bertz CT molecular complexity index is 511. The molecule has 1 fully saturated rings. The highest BCUT2D eigenvalue weighted by Crippen LogP contribution is 2.08. The normalized spacial score (nSPS) is 15.5. The molecule has 1 aliphatic rings. The van der Waals surface area contributed by atoms with E-state index in [4.69, 9.17) is 4.74 Å². The number of amides is 1. The van der Waals surface area contributed by atoms with E-state index in [9.17, 15) is 4.79 Å². The van der Waals surface area contributed by atoms with Crippen molar-refractivity contribution >= 4 is 11.9 Å². The van der Waals surface area contributed by atoms with E-state index in [1.54, 1.807) is 6.92 Å². The van der Waals surface area contributed by atoms with Crippen molar-refractivity contribution in [3.63, 3.8) is 0 Å². The molecule has 0 aromatic heterocycles. The lowest BCUT2D eigenvalue weighted by molar-refractivity contribution is -0.130. The Kier molecular flexibility index (Phi) is 6.72. The summed E-state index contributed by atoms with van der Waals surface area (Å²) in [6.07, 6.45) is 0. The average molecular weight is 318 g/mol. The number of guanidine groups is 1. The van der Waals surface area contributed by atoms with E-state index in [0.29, 0.717) is 13.2 Å². The van der Waals surface area contributed by atoms with Crippen LogP contribution in [0, 0.1) is 0 Å². The maximum atomic E-state index is 11.4. The number of para-hydroxylation sites is 1. The zero-order chi connectivity index (χ0) is 16.5. The van der Waals surface area contributed by atoms with Crippen molar-refractivity contribution in [2.45, 2.75) is 13.8 Å². The molecule has 0 radical (unpaired) electrons. The Balaban J connectivity index is 1.82. The summed E-state index contributed by atoms with van der Waals surface area (Å²) in [4.78, 5) is 20.1. The van der Waals surface area contributed by atoms with E-state index >= 15 is 0 Å². The molecule has 1 aromatic carbocycles. The molecule has 0 bridgehead atoms. The number of benzene rings is 1. The van der Waals surface area contributed by atoms with Gasteiger partial charge in [-0.25, -0.2) is 4.99 Å². The zero-order valence-electron chi connectivity index (χ0n) is 14.0. The van der Waals surface area contributed by atoms with E-state index in [1.165, 1.54) is 0 Å². The number of nitrogens with one attached hydrogen (secondary N) is 1. The summed E-state index contributed by atoms with van der Waals surface area (Å²) in [5.41, 5.74) is 0. The molecule has 1 saturated heterocycles. The molecule has 6 heteroatoms. The number of nitrogens with zero attached hydrogens (tertiary/aromatic N) is 3. The molecule has 1 heterocycles. The highest BCUT2D eigenvalue weighted by Gasteiger charge is 2.20. The summed E-state index contributed by atoms with van der Waals surface area (Å²) in [6.45, 7) is 8.77. The lowest BCUT2D eigenvalue weighted by atomic mass is 10.3. The number of aliphatic imine (C=N–C) groups is 1. The van der Waals surface area contributed by atoms with Crippen molar-refractivity contribution in [3.05, 3.63) is 30.3 Å². The van der Waals surface area contributed by atoms with Crippen LogP contribution in [0.3, 0.4) is 0 Å². The molecule has 1 N–H and O–H groups in total. The molecule has 0 spiro atoms. The zero-order valence-corrected chi connectivity index (χ0v) is 14.0. The van der Waals surface area contributed by atoms with Crippen molar-refractivity contribution in [1.29, 1.82) is 0 Å². The average Bonchev–Trinajstić information content (AvgIpc) is 2.58. The third-order valence-corrected chi connectivity index (χ3v) is 3.72. The second kappa shape index (κ2) is 9.02. The molecule has 6 nitrogen and oxygen atoms in total. The predicted octanol–water partition coefficient (Wildman–Crippen LogP) is 1.20. The molecule has 0 atom stereocenters. The number of carbonyl (C=O) groups excluding carboxylic acids is 1. The van der Waals surface area contributed by atoms with Gasteiger partial charge in [0.05, 0.1) is 6.54 Å². The highest BCUT2D eigenvalue weighted by atomic mass is 16.5. The first-order valence-electron chi connectivity index (χ1n) is 8.17. The van der Waals surface area contributed by atoms with Crippen LogP contribution in [0.4, 0.5) is 0 Å². The molecular formula is C17H26N4O2. The first kappa shape index (κ1) is 17.1. The first-order valence-corrected chi connectivity index (χ1v) is 8.17. The van der Waals surface area contributed by atoms with Crippen LogP contribution in [0.25, 0.3) is 0 Å². The quantitative estimate of drug-likeness (QED) is 0.503. The van der Waals surface area contributed by atoms with Crippen LogP contribution < -0.4 is 10.1 Å². The van der Waals surface area contributed by atoms with Gasteiger partial charge in [-0.2, -0.15) is 0 Å². The topological polar surface area (TPSA) is 57.2 Å². The molecule has 126 valence electrons. The van der Waals surface area contributed by atoms with Crippen LogP contribution in [0.1, 0.15) is 13.8 Å². The smallest absolute Gasteiger partial charge is 0.219 e. The number of ether oxygens (including phenoxy) is 1. The van der Waals surface area contributed by atoms with Gasteiger partial charge in [0, 0.05) is 39.6 Å². The van der Waals surface area contributed by atoms with Crippen LogP contribution in [-0.4, -0.2) is 67.5 Å². The molecule has 1 aliphatic heterocycles. The van der Waals surface area contributed by atoms with Gasteiger partial charge in [0.1, 0.15) is 12.4 Å². The van der Waals surface area contributed by atoms with Crippen LogP contribution in [0.5, 0.6) is 5.75 Å². The number of hydrogen-bond acceptors (Lipinski definition) is 3. The van der Waals surface area contributed by atoms with Crippen molar-refractivity contribution in [2.24, 2.45) is 4.99 Å². The van der Waals surface area contributed by atoms with Gasteiger partial charge >= 0.3 is 0 Å². The standard InChI is InChI=1S/C17H26N4O2/c1-3-18-17(21-12-10-20(11-13-21)15(2)22)19-9-14-23-16-7-5-4-6-8-16/h4-8H,3,9-14H2,1-2H3,(H,18,19). The van der Waals surface area contributed by atoms with Gasteiger partial charge in [-0.15, -0.1) is 0 Å². The van der Waals surface area contributed by atoms with E-state index in [1.807, 2.05) is 35.2 Å². The number of rotatable bonds is 5. The van der Waals surface area contributed by atoms with Crippen LogP contribution in [0.2, 0.25) is 0 Å². The Morgan fingerprint density at radius 3 is 2.43 bits per heavy atom. The van der Waals surface area contributed by atoms with Gasteiger partial charge in [-0.3, -0.25) is 4.79 Å². The molecule has 1 aromatic rings. The Morgan fingerprint density at radius 2 is 1.83 bits per heavy atom. The maximum absolute atomic E-state index is 11.4. The summed E-state index contributed by atoms with van der Waals surface area (Å²) in [5.74, 6) is 1.90. The Morgan fingerprint density at radius 1 is 1.17 bits per heavy atom. The summed E-state index contributed by atoms with van der Waals surface area (Å²) in [7, 11) is 0. The molecule has 1 amide bonds. The number of carbonyl (C=O) groups is 1. The summed E-state index contributed by atoms with van der Waals surface area (Å²) >= 11 is 0. The van der Waals surface area contributed by atoms with Gasteiger partial charge in [-0.05, 0) is 19.1 Å². The summed E-state index contributed by atoms with van der Waals surface area (Å²) in [5, 5.41) is 3.31. The van der Waals surface area contributed by atoms with Crippen molar-refractivity contribution in [2.75, 3.05) is 45.9 Å². The SMILES string of the molecule is CCNC(=NCCOc1ccccc1)N1CCN(C(C)=O)CC1. The Hall–Kier alpha value is -2.24. The molecule has 2 rings (SSSR count). The van der Waals surface area contributed by atoms with Crippen molar-refractivity contribution < 1.29 is 9.53 Å². The van der Waals surface area contributed by atoms with E-state index < -0.39 is 0 Å². The minimum Gasteiger partial charge on any atom is -0.492 e. The number of hydrogen-bond donors (Lipinski definition) is 1. The minimum absolute atomic E-state index is 0.142. The molecule has 0 unspecified atom stereocenters. The van der Waals surface area contributed by atoms with Gasteiger partial charge < -0.3 is 19.9 Å². The number of piperazine rings is 1. The van der Waals surface area contributed by atoms with Crippen LogP contribution in [-0.2, 0) is 4.79 Å².